The van der Waals surface area contributed by atoms with E-state index in [-0.39, 0.29) is 0 Å². The van der Waals surface area contributed by atoms with Gasteiger partial charge in [0.1, 0.15) is 0 Å². The molecule has 1 aliphatic rings. The Balaban J connectivity index is 2.34. The van der Waals surface area contributed by atoms with Crippen molar-refractivity contribution in [2.24, 2.45) is 0 Å². The molecule has 1 unspecified atom stereocenters. The second-order valence-electron chi connectivity index (χ2n) is 3.95. The molecular formula is C12H18N2. The maximum Gasteiger partial charge on any atom is 0.0412 e. The first kappa shape index (κ1) is 9.53. The van der Waals surface area contributed by atoms with Gasteiger partial charge in [0.2, 0.25) is 0 Å². The Morgan fingerprint density at radius 1 is 1.43 bits per heavy atom. The van der Waals surface area contributed by atoms with Gasteiger partial charge in [-0.15, -0.1) is 0 Å². The lowest BCUT2D eigenvalue weighted by molar-refractivity contribution is 0.556. The molecule has 0 bridgehead atoms. The molecule has 1 atom stereocenters. The van der Waals surface area contributed by atoms with E-state index < -0.39 is 0 Å². The lowest BCUT2D eigenvalue weighted by Crippen LogP contribution is -2.35. The molecule has 2 heteroatoms. The van der Waals surface area contributed by atoms with Gasteiger partial charge in [0.05, 0.1) is 0 Å². The highest BCUT2D eigenvalue weighted by atomic mass is 15.2. The van der Waals surface area contributed by atoms with Crippen molar-refractivity contribution in [1.82, 2.24) is 5.32 Å². The number of likely N-dealkylation sites (N-methyl/N-ethyl adjacent to an activating group) is 1. The summed E-state index contributed by atoms with van der Waals surface area (Å²) in [5.41, 5.74) is 2.81. The van der Waals surface area contributed by atoms with E-state index in [4.69, 9.17) is 0 Å². The van der Waals surface area contributed by atoms with Gasteiger partial charge in [-0.05, 0) is 25.5 Å². The third kappa shape index (κ3) is 1.75. The van der Waals surface area contributed by atoms with E-state index in [1.165, 1.54) is 11.3 Å². The number of rotatable bonds is 1. The molecule has 0 spiro atoms. The number of nitrogens with one attached hydrogen (secondary N) is 1. The summed E-state index contributed by atoms with van der Waals surface area (Å²) in [4.78, 5) is 2.44. The summed E-state index contributed by atoms with van der Waals surface area (Å²) < 4.78 is 0. The highest BCUT2D eigenvalue weighted by molar-refractivity contribution is 5.54. The third-order valence-electron chi connectivity index (χ3n) is 2.85. The van der Waals surface area contributed by atoms with Crippen molar-refractivity contribution in [3.63, 3.8) is 0 Å². The molecule has 2 rings (SSSR count). The zero-order valence-electron chi connectivity index (χ0n) is 8.96. The smallest absolute Gasteiger partial charge is 0.0412 e. The monoisotopic (exact) mass is 190 g/mol. The normalized spacial score (nSPS) is 21.6. The first-order chi connectivity index (χ1) is 6.81. The molecule has 1 aromatic carbocycles. The minimum Gasteiger partial charge on any atom is -0.370 e. The van der Waals surface area contributed by atoms with Crippen LogP contribution in [0.5, 0.6) is 0 Å². The summed E-state index contributed by atoms with van der Waals surface area (Å²) in [5.74, 6) is 0. The predicted molar refractivity (Wildman–Crippen MR) is 60.6 cm³/mol. The Labute approximate surface area is 85.9 Å². The number of nitrogens with zero attached hydrogens (tertiary/aromatic N) is 1. The topological polar surface area (TPSA) is 15.3 Å². The molecule has 14 heavy (non-hydrogen) atoms. The molecule has 1 aromatic rings. The van der Waals surface area contributed by atoms with Crippen LogP contribution in [-0.4, -0.2) is 19.1 Å². The Kier molecular flexibility index (Phi) is 2.73. The lowest BCUT2D eigenvalue weighted by Gasteiger charge is -2.24. The van der Waals surface area contributed by atoms with Gasteiger partial charge < -0.3 is 10.2 Å². The molecule has 0 amide bonds. The van der Waals surface area contributed by atoms with Gasteiger partial charge >= 0.3 is 0 Å². The van der Waals surface area contributed by atoms with Gasteiger partial charge in [-0.2, -0.15) is 0 Å². The van der Waals surface area contributed by atoms with Crippen LogP contribution in [-0.2, 0) is 6.54 Å². The second kappa shape index (κ2) is 4.01. The van der Waals surface area contributed by atoms with Crippen molar-refractivity contribution in [1.29, 1.82) is 0 Å². The summed E-state index contributed by atoms with van der Waals surface area (Å²) in [5, 5.41) is 3.52. The van der Waals surface area contributed by atoms with Crippen LogP contribution in [0.2, 0.25) is 0 Å². The van der Waals surface area contributed by atoms with Crippen molar-refractivity contribution >= 4 is 5.69 Å². The van der Waals surface area contributed by atoms with Gasteiger partial charge in [0, 0.05) is 31.4 Å². The molecule has 1 N–H and O–H groups in total. The van der Waals surface area contributed by atoms with Crippen molar-refractivity contribution < 1.29 is 0 Å². The molecule has 0 fully saturated rings. The predicted octanol–water partition coefficient (Wildman–Crippen LogP) is 2.00. The van der Waals surface area contributed by atoms with E-state index in [0.29, 0.717) is 6.04 Å². The van der Waals surface area contributed by atoms with E-state index in [1.54, 1.807) is 0 Å². The van der Waals surface area contributed by atoms with Gasteiger partial charge in [0.25, 0.3) is 0 Å². The average molecular weight is 190 g/mol. The minimum absolute atomic E-state index is 0.572. The number of benzene rings is 1. The van der Waals surface area contributed by atoms with E-state index in [2.05, 4.69) is 48.3 Å². The van der Waals surface area contributed by atoms with Crippen LogP contribution in [0.25, 0.3) is 0 Å². The first-order valence-corrected chi connectivity index (χ1v) is 5.37. The van der Waals surface area contributed by atoms with Crippen molar-refractivity contribution in [3.05, 3.63) is 29.8 Å². The van der Waals surface area contributed by atoms with E-state index in [9.17, 15) is 0 Å². The van der Waals surface area contributed by atoms with Crippen molar-refractivity contribution in [2.45, 2.75) is 26.4 Å². The zero-order valence-corrected chi connectivity index (χ0v) is 8.96. The van der Waals surface area contributed by atoms with Crippen molar-refractivity contribution in [2.75, 3.05) is 18.0 Å². The molecule has 0 aromatic heterocycles. The summed E-state index contributed by atoms with van der Waals surface area (Å²) in [6.45, 7) is 7.65. The van der Waals surface area contributed by atoms with Crippen LogP contribution in [0.1, 0.15) is 19.4 Å². The first-order valence-electron chi connectivity index (χ1n) is 5.37. The largest absolute Gasteiger partial charge is 0.370 e. The van der Waals surface area contributed by atoms with Gasteiger partial charge in [-0.3, -0.25) is 0 Å². The van der Waals surface area contributed by atoms with E-state index in [1.807, 2.05) is 0 Å². The van der Waals surface area contributed by atoms with E-state index >= 15 is 0 Å². The average Bonchev–Trinajstić information content (AvgIpc) is 2.38. The molecule has 0 aliphatic carbocycles. The number of anilines is 1. The molecule has 76 valence electrons. The molecule has 2 nitrogen and oxygen atoms in total. The fourth-order valence-corrected chi connectivity index (χ4v) is 2.05. The molecule has 1 aliphatic heterocycles. The Morgan fingerprint density at radius 3 is 3.00 bits per heavy atom. The van der Waals surface area contributed by atoms with E-state index in [0.717, 1.165) is 19.6 Å². The maximum absolute atomic E-state index is 3.52. The highest BCUT2D eigenvalue weighted by Crippen LogP contribution is 2.22. The molecule has 0 radical (unpaired) electrons. The fourth-order valence-electron chi connectivity index (χ4n) is 2.05. The van der Waals surface area contributed by atoms with Crippen LogP contribution in [0.15, 0.2) is 24.3 Å². The molecule has 1 heterocycles. The van der Waals surface area contributed by atoms with Crippen LogP contribution in [0.4, 0.5) is 5.69 Å². The lowest BCUT2D eigenvalue weighted by atomic mass is 10.1. The summed E-state index contributed by atoms with van der Waals surface area (Å²) in [7, 11) is 0. The Bertz CT molecular complexity index is 309. The van der Waals surface area contributed by atoms with Crippen LogP contribution < -0.4 is 10.2 Å². The zero-order chi connectivity index (χ0) is 9.97. The van der Waals surface area contributed by atoms with Crippen molar-refractivity contribution in [3.8, 4) is 0 Å². The summed E-state index contributed by atoms with van der Waals surface area (Å²) in [6, 6.07) is 9.24. The second-order valence-corrected chi connectivity index (χ2v) is 3.95. The van der Waals surface area contributed by atoms with Crippen LogP contribution in [0, 0.1) is 0 Å². The van der Waals surface area contributed by atoms with Crippen LogP contribution in [0.3, 0.4) is 0 Å². The van der Waals surface area contributed by atoms with Gasteiger partial charge in [-0.1, -0.05) is 18.2 Å². The van der Waals surface area contributed by atoms with Crippen LogP contribution >= 0.6 is 0 Å². The third-order valence-corrected chi connectivity index (χ3v) is 2.85. The summed E-state index contributed by atoms with van der Waals surface area (Å²) in [6.07, 6.45) is 0. The minimum atomic E-state index is 0.572. The summed E-state index contributed by atoms with van der Waals surface area (Å²) >= 11 is 0. The number of hydrogen-bond acceptors (Lipinski definition) is 2. The number of para-hydroxylation sites is 1. The van der Waals surface area contributed by atoms with Gasteiger partial charge in [0.15, 0.2) is 0 Å². The SMILES string of the molecule is CCN1CC(C)NCc2ccccc21. The molecular weight excluding hydrogens is 172 g/mol. The highest BCUT2D eigenvalue weighted by Gasteiger charge is 2.16. The standard InChI is InChI=1S/C12H18N2/c1-3-14-9-10(2)13-8-11-6-4-5-7-12(11)14/h4-7,10,13H,3,8-9H2,1-2H3. The maximum atomic E-state index is 3.52. The molecule has 0 saturated carbocycles. The number of fused-ring (bicyclic) bond motifs is 1. The number of hydrogen-bond donors (Lipinski definition) is 1. The quantitative estimate of drug-likeness (QED) is 0.728. The fraction of sp³-hybridized carbons (Fsp3) is 0.500. The van der Waals surface area contributed by atoms with Gasteiger partial charge in [-0.25, -0.2) is 0 Å². The molecule has 0 saturated heterocycles. The Morgan fingerprint density at radius 2 is 2.21 bits per heavy atom. The Hall–Kier alpha value is -1.02.